The molecular formula is C19H21N3O5. The van der Waals surface area contributed by atoms with Crippen LogP contribution < -0.4 is 20.1 Å². The van der Waals surface area contributed by atoms with E-state index in [0.717, 1.165) is 6.42 Å². The molecule has 0 radical (unpaired) electrons. The minimum Gasteiger partial charge on any atom is -0.495 e. The van der Waals surface area contributed by atoms with Crippen molar-refractivity contribution in [2.24, 2.45) is 0 Å². The first kappa shape index (κ1) is 18.7. The summed E-state index contributed by atoms with van der Waals surface area (Å²) in [7, 11) is 1.51. The maximum Gasteiger partial charge on any atom is 0.256 e. The van der Waals surface area contributed by atoms with Crippen molar-refractivity contribution >= 4 is 23.2 Å². The molecule has 2 amide bonds. The number of hydrogen-bond donors (Lipinski definition) is 2. The highest BCUT2D eigenvalue weighted by molar-refractivity contribution is 6.05. The Bertz CT molecular complexity index is 834. The third-order valence-electron chi connectivity index (χ3n) is 3.94. The number of methoxy groups -OCH3 is 1. The van der Waals surface area contributed by atoms with E-state index in [1.807, 2.05) is 0 Å². The van der Waals surface area contributed by atoms with Gasteiger partial charge in [-0.05, 0) is 24.3 Å². The van der Waals surface area contributed by atoms with Crippen molar-refractivity contribution in [1.82, 2.24) is 4.98 Å². The van der Waals surface area contributed by atoms with E-state index in [2.05, 4.69) is 15.6 Å². The third-order valence-corrected chi connectivity index (χ3v) is 3.94. The van der Waals surface area contributed by atoms with Crippen LogP contribution in [0.2, 0.25) is 0 Å². The Morgan fingerprint density at radius 3 is 2.78 bits per heavy atom. The molecule has 2 aromatic rings. The van der Waals surface area contributed by atoms with Crippen molar-refractivity contribution < 1.29 is 23.8 Å². The van der Waals surface area contributed by atoms with Crippen LogP contribution in [0.3, 0.4) is 0 Å². The molecule has 142 valence electrons. The molecular weight excluding hydrogens is 350 g/mol. The summed E-state index contributed by atoms with van der Waals surface area (Å²) in [6.07, 6.45) is 2.27. The minimum atomic E-state index is -0.344. The molecule has 0 saturated carbocycles. The van der Waals surface area contributed by atoms with Crippen LogP contribution in [0.4, 0.5) is 11.4 Å². The van der Waals surface area contributed by atoms with Gasteiger partial charge >= 0.3 is 0 Å². The lowest BCUT2D eigenvalue weighted by molar-refractivity contribution is -0.114. The Balaban J connectivity index is 1.75. The first-order chi connectivity index (χ1) is 13.0. The first-order valence-corrected chi connectivity index (χ1v) is 8.52. The zero-order chi connectivity index (χ0) is 19.2. The topological polar surface area (TPSA) is 98.8 Å². The largest absolute Gasteiger partial charge is 0.495 e. The van der Waals surface area contributed by atoms with E-state index >= 15 is 0 Å². The quantitative estimate of drug-likeness (QED) is 0.809. The van der Waals surface area contributed by atoms with Crippen molar-refractivity contribution in [2.75, 3.05) is 31.0 Å². The second-order valence-corrected chi connectivity index (χ2v) is 6.04. The summed E-state index contributed by atoms with van der Waals surface area (Å²) in [6, 6.07) is 8.17. The number of amides is 2. The summed E-state index contributed by atoms with van der Waals surface area (Å²) < 4.78 is 16.3. The first-order valence-electron chi connectivity index (χ1n) is 8.52. The fourth-order valence-electron chi connectivity index (χ4n) is 2.67. The molecule has 27 heavy (non-hydrogen) atoms. The SMILES string of the molecule is COc1ccc(NC(C)=O)cc1NC(=O)c1ccnc(OC2CCOC2)c1. The van der Waals surface area contributed by atoms with E-state index in [9.17, 15) is 9.59 Å². The smallest absolute Gasteiger partial charge is 0.256 e. The summed E-state index contributed by atoms with van der Waals surface area (Å²) in [5, 5.41) is 5.46. The molecule has 1 atom stereocenters. The van der Waals surface area contributed by atoms with Gasteiger partial charge in [0.1, 0.15) is 11.9 Å². The normalized spacial score (nSPS) is 15.9. The maximum atomic E-state index is 12.6. The average Bonchev–Trinajstić information content (AvgIpc) is 3.15. The number of benzene rings is 1. The Morgan fingerprint density at radius 1 is 1.22 bits per heavy atom. The number of pyridine rings is 1. The molecule has 1 unspecified atom stereocenters. The molecule has 3 rings (SSSR count). The van der Waals surface area contributed by atoms with Crippen molar-refractivity contribution in [2.45, 2.75) is 19.4 Å². The van der Waals surface area contributed by atoms with Crippen LogP contribution in [0, 0.1) is 0 Å². The van der Waals surface area contributed by atoms with Gasteiger partial charge in [0.05, 0.1) is 26.0 Å². The fraction of sp³-hybridized carbons (Fsp3) is 0.316. The van der Waals surface area contributed by atoms with E-state index in [1.165, 1.54) is 20.2 Å². The van der Waals surface area contributed by atoms with Crippen molar-refractivity contribution in [3.63, 3.8) is 0 Å². The van der Waals surface area contributed by atoms with Crippen molar-refractivity contribution in [3.8, 4) is 11.6 Å². The van der Waals surface area contributed by atoms with Crippen LogP contribution in [-0.2, 0) is 9.53 Å². The fourth-order valence-corrected chi connectivity index (χ4v) is 2.67. The third kappa shape index (κ3) is 4.95. The van der Waals surface area contributed by atoms with Crippen LogP contribution in [0.25, 0.3) is 0 Å². The lowest BCUT2D eigenvalue weighted by Gasteiger charge is -2.14. The van der Waals surface area contributed by atoms with Crippen molar-refractivity contribution in [3.05, 3.63) is 42.1 Å². The zero-order valence-electron chi connectivity index (χ0n) is 15.2. The second-order valence-electron chi connectivity index (χ2n) is 6.04. The molecule has 0 aliphatic carbocycles. The highest BCUT2D eigenvalue weighted by Crippen LogP contribution is 2.28. The number of hydrogen-bond acceptors (Lipinski definition) is 6. The van der Waals surface area contributed by atoms with Crippen LogP contribution in [0.5, 0.6) is 11.6 Å². The van der Waals surface area contributed by atoms with E-state index < -0.39 is 0 Å². The van der Waals surface area contributed by atoms with Gasteiger partial charge in [-0.15, -0.1) is 0 Å². The van der Waals surface area contributed by atoms with Gasteiger partial charge in [0.2, 0.25) is 11.8 Å². The van der Waals surface area contributed by atoms with E-state index in [0.29, 0.717) is 41.8 Å². The van der Waals surface area contributed by atoms with Gasteiger partial charge in [-0.25, -0.2) is 4.98 Å². The molecule has 1 aromatic carbocycles. The highest BCUT2D eigenvalue weighted by Gasteiger charge is 2.19. The van der Waals surface area contributed by atoms with E-state index in [4.69, 9.17) is 14.2 Å². The van der Waals surface area contributed by atoms with Crippen LogP contribution >= 0.6 is 0 Å². The van der Waals surface area contributed by atoms with Gasteiger partial charge in [-0.1, -0.05) is 0 Å². The lowest BCUT2D eigenvalue weighted by atomic mass is 10.2. The van der Waals surface area contributed by atoms with Crippen molar-refractivity contribution in [1.29, 1.82) is 0 Å². The molecule has 1 saturated heterocycles. The summed E-state index contributed by atoms with van der Waals surface area (Å²) in [6.45, 7) is 2.59. The van der Waals surface area contributed by atoms with Crippen LogP contribution in [0.15, 0.2) is 36.5 Å². The highest BCUT2D eigenvalue weighted by atomic mass is 16.5. The molecule has 2 heterocycles. The lowest BCUT2D eigenvalue weighted by Crippen LogP contribution is -2.17. The van der Waals surface area contributed by atoms with Gasteiger partial charge in [-0.2, -0.15) is 0 Å². The van der Waals surface area contributed by atoms with Crippen LogP contribution in [0.1, 0.15) is 23.7 Å². The number of anilines is 2. The summed E-state index contributed by atoms with van der Waals surface area (Å²) in [5.41, 5.74) is 1.39. The number of carbonyl (C=O) groups is 2. The van der Waals surface area contributed by atoms with Gasteiger partial charge < -0.3 is 24.8 Å². The zero-order valence-corrected chi connectivity index (χ0v) is 15.2. The molecule has 1 aromatic heterocycles. The monoisotopic (exact) mass is 371 g/mol. The predicted octanol–water partition coefficient (Wildman–Crippen LogP) is 2.47. The summed E-state index contributed by atoms with van der Waals surface area (Å²) in [5.74, 6) is 0.302. The van der Waals surface area contributed by atoms with Gasteiger partial charge in [-0.3, -0.25) is 9.59 Å². The molecule has 1 aliphatic rings. The Morgan fingerprint density at radius 2 is 2.07 bits per heavy atom. The number of nitrogens with zero attached hydrogens (tertiary/aromatic N) is 1. The standard InChI is InChI=1S/C19H21N3O5/c1-12(23)21-14-3-4-17(25-2)16(10-14)22-19(24)13-5-7-20-18(9-13)27-15-6-8-26-11-15/h3-5,7,9-10,15H,6,8,11H2,1-2H3,(H,21,23)(H,22,24). The Labute approximate surface area is 156 Å². The summed E-state index contributed by atoms with van der Waals surface area (Å²) >= 11 is 0. The number of carbonyl (C=O) groups excluding carboxylic acids is 2. The van der Waals surface area contributed by atoms with Gasteiger partial charge in [0, 0.05) is 36.9 Å². The molecule has 0 bridgehead atoms. The predicted molar refractivity (Wildman–Crippen MR) is 99.3 cm³/mol. The maximum absolute atomic E-state index is 12.6. The van der Waals surface area contributed by atoms with E-state index in [1.54, 1.807) is 30.3 Å². The molecule has 1 fully saturated rings. The second kappa shape index (κ2) is 8.50. The molecule has 2 N–H and O–H groups in total. The van der Waals surface area contributed by atoms with Crippen LogP contribution in [-0.4, -0.2) is 43.2 Å². The molecule has 8 nitrogen and oxygen atoms in total. The average molecular weight is 371 g/mol. The molecule has 1 aliphatic heterocycles. The number of ether oxygens (including phenoxy) is 3. The Kier molecular flexibility index (Phi) is 5.87. The number of rotatable bonds is 6. The number of aromatic nitrogens is 1. The number of nitrogens with one attached hydrogen (secondary N) is 2. The molecule has 0 spiro atoms. The molecule has 8 heteroatoms. The summed E-state index contributed by atoms with van der Waals surface area (Å²) in [4.78, 5) is 28.0. The Hall–Kier alpha value is -3.13. The van der Waals surface area contributed by atoms with E-state index in [-0.39, 0.29) is 17.9 Å². The minimum absolute atomic E-state index is 0.0507. The van der Waals surface area contributed by atoms with Gasteiger partial charge in [0.15, 0.2) is 0 Å². The van der Waals surface area contributed by atoms with Gasteiger partial charge in [0.25, 0.3) is 5.91 Å².